The monoisotopic (exact) mass is 290 g/mol. The zero-order valence-corrected chi connectivity index (χ0v) is 12.5. The number of aryl methyl sites for hydroxylation is 1. The van der Waals surface area contributed by atoms with Gasteiger partial charge in [-0.25, -0.2) is 0 Å². The first-order chi connectivity index (χ1) is 9.86. The summed E-state index contributed by atoms with van der Waals surface area (Å²) in [5, 5.41) is 15.3. The molecule has 2 aromatic rings. The summed E-state index contributed by atoms with van der Waals surface area (Å²) in [6.07, 6.45) is 0. The average Bonchev–Trinajstić information content (AvgIpc) is 2.73. The third-order valence-corrected chi connectivity index (χ3v) is 3.36. The zero-order chi connectivity index (χ0) is 15.7. The number of hydrogen-bond acceptors (Lipinski definition) is 5. The van der Waals surface area contributed by atoms with Gasteiger partial charge in [0.05, 0.1) is 18.1 Å². The summed E-state index contributed by atoms with van der Waals surface area (Å²) in [4.78, 5) is 10.4. The fourth-order valence-electron chi connectivity index (χ4n) is 2.31. The van der Waals surface area contributed by atoms with Crippen molar-refractivity contribution in [1.29, 1.82) is 0 Å². The molecule has 0 atom stereocenters. The number of non-ortho nitro benzene ring substituents is 1. The Labute approximate surface area is 122 Å². The van der Waals surface area contributed by atoms with Crippen molar-refractivity contribution >= 4 is 11.5 Å². The molecule has 1 aromatic heterocycles. The molecule has 0 fully saturated rings. The number of nitrogen functional groups attached to an aromatic ring is 1. The predicted octanol–water partition coefficient (Wildman–Crippen LogP) is 2.71. The van der Waals surface area contributed by atoms with Crippen LogP contribution < -0.4 is 10.5 Å². The van der Waals surface area contributed by atoms with Gasteiger partial charge in [-0.1, -0.05) is 13.8 Å². The van der Waals surface area contributed by atoms with E-state index in [2.05, 4.69) is 5.10 Å². The molecular formula is C14H18N4O3. The standard InChI is InChI=1S/C14H18N4O3/c1-8(2)12-13(16-17(3)14(12)15)10-6-5-9(18(19)20)7-11(10)21-4/h5-8H,15H2,1-4H3. The Morgan fingerprint density at radius 2 is 2.10 bits per heavy atom. The van der Waals surface area contributed by atoms with Gasteiger partial charge in [-0.05, 0) is 12.0 Å². The SMILES string of the molecule is COc1cc([N+](=O)[O-])ccc1-c1nn(C)c(N)c1C(C)C. The van der Waals surface area contributed by atoms with Crippen LogP contribution in [-0.2, 0) is 7.05 Å². The molecule has 2 N–H and O–H groups in total. The molecule has 0 aliphatic heterocycles. The van der Waals surface area contributed by atoms with Gasteiger partial charge < -0.3 is 10.5 Å². The first kappa shape index (κ1) is 14.8. The molecule has 21 heavy (non-hydrogen) atoms. The Morgan fingerprint density at radius 1 is 1.43 bits per heavy atom. The van der Waals surface area contributed by atoms with E-state index < -0.39 is 4.92 Å². The maximum absolute atomic E-state index is 10.9. The van der Waals surface area contributed by atoms with Crippen molar-refractivity contribution < 1.29 is 9.66 Å². The first-order valence-corrected chi connectivity index (χ1v) is 6.52. The van der Waals surface area contributed by atoms with Crippen LogP contribution in [0.1, 0.15) is 25.3 Å². The lowest BCUT2D eigenvalue weighted by Crippen LogP contribution is -2.00. The molecule has 0 amide bonds. The van der Waals surface area contributed by atoms with Crippen molar-refractivity contribution in [1.82, 2.24) is 9.78 Å². The van der Waals surface area contributed by atoms with E-state index >= 15 is 0 Å². The highest BCUT2D eigenvalue weighted by molar-refractivity contribution is 5.75. The van der Waals surface area contributed by atoms with Crippen LogP contribution in [0.2, 0.25) is 0 Å². The molecule has 112 valence electrons. The Balaban J connectivity index is 2.67. The lowest BCUT2D eigenvalue weighted by molar-refractivity contribution is -0.384. The normalized spacial score (nSPS) is 10.9. The number of nitrogens with two attached hydrogens (primary N) is 1. The molecule has 0 saturated heterocycles. The maximum Gasteiger partial charge on any atom is 0.273 e. The number of methoxy groups -OCH3 is 1. The van der Waals surface area contributed by atoms with Crippen molar-refractivity contribution in [3.05, 3.63) is 33.9 Å². The summed E-state index contributed by atoms with van der Waals surface area (Å²) in [7, 11) is 3.24. The van der Waals surface area contributed by atoms with Crippen LogP contribution in [0.5, 0.6) is 5.75 Å². The number of nitro groups is 1. The number of benzene rings is 1. The van der Waals surface area contributed by atoms with Gasteiger partial charge in [0.25, 0.3) is 5.69 Å². The van der Waals surface area contributed by atoms with E-state index in [1.165, 1.54) is 19.2 Å². The lowest BCUT2D eigenvalue weighted by Gasteiger charge is -2.10. The van der Waals surface area contributed by atoms with E-state index in [4.69, 9.17) is 10.5 Å². The van der Waals surface area contributed by atoms with Gasteiger partial charge in [0, 0.05) is 24.2 Å². The van der Waals surface area contributed by atoms with Gasteiger partial charge in [-0.15, -0.1) is 0 Å². The molecular weight excluding hydrogens is 272 g/mol. The number of nitrogens with zero attached hydrogens (tertiary/aromatic N) is 3. The van der Waals surface area contributed by atoms with Crippen LogP contribution in [0.15, 0.2) is 18.2 Å². The zero-order valence-electron chi connectivity index (χ0n) is 12.5. The third-order valence-electron chi connectivity index (χ3n) is 3.36. The first-order valence-electron chi connectivity index (χ1n) is 6.52. The van der Waals surface area contributed by atoms with Crippen molar-refractivity contribution in [3.63, 3.8) is 0 Å². The number of aromatic nitrogens is 2. The largest absolute Gasteiger partial charge is 0.496 e. The molecule has 1 heterocycles. The fraction of sp³-hybridized carbons (Fsp3) is 0.357. The molecule has 7 nitrogen and oxygen atoms in total. The van der Waals surface area contributed by atoms with Gasteiger partial charge in [-0.3, -0.25) is 14.8 Å². The molecule has 0 unspecified atom stereocenters. The summed E-state index contributed by atoms with van der Waals surface area (Å²) >= 11 is 0. The van der Waals surface area contributed by atoms with Crippen molar-refractivity contribution in [2.45, 2.75) is 19.8 Å². The molecule has 1 aromatic carbocycles. The van der Waals surface area contributed by atoms with E-state index in [-0.39, 0.29) is 11.6 Å². The van der Waals surface area contributed by atoms with Crippen molar-refractivity contribution in [2.75, 3.05) is 12.8 Å². The second-order valence-electron chi connectivity index (χ2n) is 5.07. The summed E-state index contributed by atoms with van der Waals surface area (Å²) in [6, 6.07) is 4.47. The summed E-state index contributed by atoms with van der Waals surface area (Å²) in [6.45, 7) is 4.05. The molecule has 0 aliphatic rings. The topological polar surface area (TPSA) is 96.2 Å². The van der Waals surface area contributed by atoms with E-state index in [1.807, 2.05) is 13.8 Å². The predicted molar refractivity (Wildman–Crippen MR) is 80.4 cm³/mol. The molecule has 0 spiro atoms. The average molecular weight is 290 g/mol. The van der Waals surface area contributed by atoms with Gasteiger partial charge >= 0.3 is 0 Å². The Kier molecular flexibility index (Phi) is 3.84. The van der Waals surface area contributed by atoms with E-state index in [1.54, 1.807) is 17.8 Å². The Hall–Kier alpha value is -2.57. The van der Waals surface area contributed by atoms with Crippen LogP contribution in [0.25, 0.3) is 11.3 Å². The second kappa shape index (κ2) is 5.43. The maximum atomic E-state index is 10.9. The van der Waals surface area contributed by atoms with Crippen LogP contribution in [-0.4, -0.2) is 21.8 Å². The molecule has 7 heteroatoms. The molecule has 2 rings (SSSR count). The van der Waals surface area contributed by atoms with Crippen LogP contribution >= 0.6 is 0 Å². The van der Waals surface area contributed by atoms with Gasteiger partial charge in [0.15, 0.2) is 0 Å². The number of ether oxygens (including phenoxy) is 1. The van der Waals surface area contributed by atoms with Crippen molar-refractivity contribution in [2.24, 2.45) is 7.05 Å². The lowest BCUT2D eigenvalue weighted by atomic mass is 9.98. The smallest absolute Gasteiger partial charge is 0.273 e. The highest BCUT2D eigenvalue weighted by Crippen LogP contribution is 2.38. The van der Waals surface area contributed by atoms with Crippen LogP contribution in [0.3, 0.4) is 0 Å². The summed E-state index contributed by atoms with van der Waals surface area (Å²) in [5.41, 5.74) is 8.33. The van der Waals surface area contributed by atoms with E-state index in [0.717, 1.165) is 5.56 Å². The van der Waals surface area contributed by atoms with Crippen LogP contribution in [0, 0.1) is 10.1 Å². The van der Waals surface area contributed by atoms with Crippen molar-refractivity contribution in [3.8, 4) is 17.0 Å². The molecule has 0 bridgehead atoms. The Bertz CT molecular complexity index is 692. The van der Waals surface area contributed by atoms with Gasteiger partial charge in [0.1, 0.15) is 17.3 Å². The minimum Gasteiger partial charge on any atom is -0.496 e. The highest BCUT2D eigenvalue weighted by atomic mass is 16.6. The highest BCUT2D eigenvalue weighted by Gasteiger charge is 2.22. The Morgan fingerprint density at radius 3 is 2.62 bits per heavy atom. The van der Waals surface area contributed by atoms with E-state index in [0.29, 0.717) is 22.8 Å². The van der Waals surface area contributed by atoms with Crippen LogP contribution in [0.4, 0.5) is 11.5 Å². The third kappa shape index (κ3) is 2.54. The molecule has 0 aliphatic carbocycles. The quantitative estimate of drug-likeness (QED) is 0.689. The van der Waals surface area contributed by atoms with E-state index in [9.17, 15) is 10.1 Å². The summed E-state index contributed by atoms with van der Waals surface area (Å²) in [5.74, 6) is 1.17. The second-order valence-corrected chi connectivity index (χ2v) is 5.07. The molecule has 0 saturated carbocycles. The summed E-state index contributed by atoms with van der Waals surface area (Å²) < 4.78 is 6.88. The minimum atomic E-state index is -0.456. The number of rotatable bonds is 4. The van der Waals surface area contributed by atoms with Gasteiger partial charge in [-0.2, -0.15) is 5.10 Å². The number of hydrogen-bond donors (Lipinski definition) is 1. The molecule has 0 radical (unpaired) electrons. The van der Waals surface area contributed by atoms with Gasteiger partial charge in [0.2, 0.25) is 0 Å². The number of nitro benzene ring substituents is 1. The number of anilines is 1. The fourth-order valence-corrected chi connectivity index (χ4v) is 2.31. The minimum absolute atomic E-state index is 0.0226.